The molecule has 1 N–H and O–H groups in total. The van der Waals surface area contributed by atoms with Crippen LogP contribution in [0.25, 0.3) is 28.2 Å². The van der Waals surface area contributed by atoms with E-state index in [4.69, 9.17) is 4.98 Å². The molecule has 0 bridgehead atoms. The van der Waals surface area contributed by atoms with Gasteiger partial charge >= 0.3 is 5.69 Å². The largest absolute Gasteiger partial charge is 0.328 e. The van der Waals surface area contributed by atoms with Crippen molar-refractivity contribution in [3.63, 3.8) is 0 Å². The van der Waals surface area contributed by atoms with E-state index in [1.807, 2.05) is 49.4 Å². The van der Waals surface area contributed by atoms with Crippen molar-refractivity contribution < 1.29 is 0 Å². The highest BCUT2D eigenvalue weighted by Gasteiger charge is 2.15. The van der Waals surface area contributed by atoms with E-state index in [1.165, 1.54) is 0 Å². The average molecular weight is 450 g/mol. The molecular formula is C26H23N7O. The Morgan fingerprint density at radius 1 is 1.12 bits per heavy atom. The van der Waals surface area contributed by atoms with Crippen LogP contribution in [-0.4, -0.2) is 29.3 Å². The Kier molecular flexibility index (Phi) is 5.30. The van der Waals surface area contributed by atoms with Crippen molar-refractivity contribution in [3.8, 4) is 23.1 Å². The van der Waals surface area contributed by atoms with E-state index in [9.17, 15) is 10.1 Å². The highest BCUT2D eigenvalue weighted by atomic mass is 16.1. The Labute approximate surface area is 196 Å². The standard InChI is InChI=1S/C26H23N7O/c1-16(2)21-6-4-5-7-22(21)24-28-14-23-25(30-24)32(26(34)29-23)15-18-8-10-19(11-9-18)33-20(13-27)12-17(3)31-33/h4-12,14,16H,15H2,1-3H3,(H,29,34). The summed E-state index contributed by atoms with van der Waals surface area (Å²) in [5, 5.41) is 13.7. The minimum Gasteiger partial charge on any atom is -0.303 e. The quantitative estimate of drug-likeness (QED) is 0.430. The highest BCUT2D eigenvalue weighted by Crippen LogP contribution is 2.27. The molecule has 0 saturated heterocycles. The first-order valence-electron chi connectivity index (χ1n) is 11.1. The van der Waals surface area contributed by atoms with E-state index in [-0.39, 0.29) is 5.69 Å². The van der Waals surface area contributed by atoms with Gasteiger partial charge < -0.3 is 4.98 Å². The number of hydrogen-bond donors (Lipinski definition) is 1. The lowest BCUT2D eigenvalue weighted by atomic mass is 9.97. The fourth-order valence-corrected chi connectivity index (χ4v) is 4.13. The molecule has 168 valence electrons. The molecule has 3 heterocycles. The second-order valence-electron chi connectivity index (χ2n) is 8.55. The van der Waals surface area contributed by atoms with Gasteiger partial charge in [-0.3, -0.25) is 4.57 Å². The summed E-state index contributed by atoms with van der Waals surface area (Å²) in [6.07, 6.45) is 1.67. The third-order valence-corrected chi connectivity index (χ3v) is 5.80. The van der Waals surface area contributed by atoms with Crippen LogP contribution in [0.15, 0.2) is 65.6 Å². The maximum atomic E-state index is 12.7. The van der Waals surface area contributed by atoms with Crippen LogP contribution < -0.4 is 5.69 Å². The van der Waals surface area contributed by atoms with E-state index >= 15 is 0 Å². The van der Waals surface area contributed by atoms with Crippen molar-refractivity contribution in [2.45, 2.75) is 33.2 Å². The van der Waals surface area contributed by atoms with Crippen LogP contribution >= 0.6 is 0 Å². The maximum Gasteiger partial charge on any atom is 0.328 e. The van der Waals surface area contributed by atoms with Crippen molar-refractivity contribution >= 4 is 11.2 Å². The zero-order valence-corrected chi connectivity index (χ0v) is 19.1. The smallest absolute Gasteiger partial charge is 0.303 e. The van der Waals surface area contributed by atoms with Crippen molar-refractivity contribution in [2.24, 2.45) is 0 Å². The predicted octanol–water partition coefficient (Wildman–Crippen LogP) is 4.32. The second-order valence-corrected chi connectivity index (χ2v) is 8.55. The fourth-order valence-electron chi connectivity index (χ4n) is 4.13. The number of rotatable bonds is 5. The molecule has 0 aliphatic carbocycles. The van der Waals surface area contributed by atoms with E-state index in [0.29, 0.717) is 35.1 Å². The Hall–Kier alpha value is -4.51. The molecule has 0 atom stereocenters. The Balaban J connectivity index is 1.51. The van der Waals surface area contributed by atoms with Gasteiger partial charge in [-0.2, -0.15) is 10.4 Å². The number of imidazole rings is 1. The van der Waals surface area contributed by atoms with E-state index < -0.39 is 0 Å². The number of nitrogens with one attached hydrogen (secondary N) is 1. The number of fused-ring (bicyclic) bond motifs is 1. The van der Waals surface area contributed by atoms with Gasteiger partial charge in [-0.1, -0.05) is 50.2 Å². The molecule has 0 aliphatic heterocycles. The number of benzene rings is 2. The monoisotopic (exact) mass is 449 g/mol. The zero-order valence-electron chi connectivity index (χ0n) is 19.1. The molecule has 0 fully saturated rings. The molecule has 0 aliphatic rings. The van der Waals surface area contributed by atoms with Crippen LogP contribution in [0.5, 0.6) is 0 Å². The molecule has 5 aromatic rings. The van der Waals surface area contributed by atoms with E-state index in [0.717, 1.165) is 28.1 Å². The van der Waals surface area contributed by atoms with E-state index in [1.54, 1.807) is 21.5 Å². The minimum atomic E-state index is -0.239. The molecule has 3 aromatic heterocycles. The number of nitriles is 1. The lowest BCUT2D eigenvalue weighted by molar-refractivity contribution is 0.776. The summed E-state index contributed by atoms with van der Waals surface area (Å²) in [6.45, 7) is 6.48. The van der Waals surface area contributed by atoms with Gasteiger partial charge in [0.2, 0.25) is 0 Å². The van der Waals surface area contributed by atoms with E-state index in [2.05, 4.69) is 41.0 Å². The van der Waals surface area contributed by atoms with Gasteiger partial charge in [0, 0.05) is 5.56 Å². The second kappa shape index (κ2) is 8.45. The molecule has 8 heteroatoms. The summed E-state index contributed by atoms with van der Waals surface area (Å²) in [5.41, 5.74) is 6.01. The minimum absolute atomic E-state index is 0.239. The van der Waals surface area contributed by atoms with Crippen LogP contribution in [-0.2, 0) is 6.54 Å². The highest BCUT2D eigenvalue weighted by molar-refractivity contribution is 5.73. The summed E-state index contributed by atoms with van der Waals surface area (Å²) < 4.78 is 3.23. The molecule has 0 unspecified atom stereocenters. The number of hydrogen-bond acceptors (Lipinski definition) is 5. The van der Waals surface area contributed by atoms with Crippen molar-refractivity contribution in [1.29, 1.82) is 5.26 Å². The zero-order chi connectivity index (χ0) is 23.8. The summed E-state index contributed by atoms with van der Waals surface area (Å²) in [6, 6.07) is 19.6. The van der Waals surface area contributed by atoms with Gasteiger partial charge in [0.25, 0.3) is 0 Å². The van der Waals surface area contributed by atoms with Gasteiger partial charge in [0.05, 0.1) is 24.1 Å². The van der Waals surface area contributed by atoms with Crippen LogP contribution in [0.1, 0.15) is 42.3 Å². The lowest BCUT2D eigenvalue weighted by Crippen LogP contribution is -2.18. The normalized spacial score (nSPS) is 11.3. The van der Waals surface area contributed by atoms with Gasteiger partial charge in [-0.25, -0.2) is 19.4 Å². The van der Waals surface area contributed by atoms with Gasteiger partial charge in [0.15, 0.2) is 11.5 Å². The van der Waals surface area contributed by atoms with Crippen LogP contribution in [0.3, 0.4) is 0 Å². The molecule has 0 amide bonds. The summed E-state index contributed by atoms with van der Waals surface area (Å²) in [4.78, 5) is 24.9. The number of H-pyrrole nitrogens is 1. The number of nitrogens with zero attached hydrogens (tertiary/aromatic N) is 6. The average Bonchev–Trinajstić information content (AvgIpc) is 3.38. The topological polar surface area (TPSA) is 105 Å². The van der Waals surface area contributed by atoms with Crippen LogP contribution in [0.4, 0.5) is 0 Å². The molecule has 8 nitrogen and oxygen atoms in total. The van der Waals surface area contributed by atoms with Gasteiger partial charge in [0.1, 0.15) is 17.3 Å². The summed E-state index contributed by atoms with van der Waals surface area (Å²) >= 11 is 0. The summed E-state index contributed by atoms with van der Waals surface area (Å²) in [5.74, 6) is 0.917. The molecule has 5 rings (SSSR count). The Morgan fingerprint density at radius 3 is 2.62 bits per heavy atom. The molecule has 2 aromatic carbocycles. The Morgan fingerprint density at radius 2 is 1.88 bits per heavy atom. The van der Waals surface area contributed by atoms with Crippen LogP contribution in [0.2, 0.25) is 0 Å². The molecule has 34 heavy (non-hydrogen) atoms. The van der Waals surface area contributed by atoms with Crippen molar-refractivity contribution in [3.05, 3.63) is 93.8 Å². The first-order chi connectivity index (χ1) is 16.4. The van der Waals surface area contributed by atoms with Crippen LogP contribution in [0, 0.1) is 18.3 Å². The fraction of sp³-hybridized carbons (Fsp3) is 0.192. The van der Waals surface area contributed by atoms with Gasteiger partial charge in [-0.15, -0.1) is 0 Å². The van der Waals surface area contributed by atoms with Crippen molar-refractivity contribution in [1.82, 2.24) is 29.3 Å². The number of aromatic nitrogens is 6. The molecule has 0 spiro atoms. The number of aryl methyl sites for hydroxylation is 1. The van der Waals surface area contributed by atoms with Gasteiger partial charge in [-0.05, 0) is 42.2 Å². The molecular weight excluding hydrogens is 426 g/mol. The Bertz CT molecular complexity index is 1600. The number of aromatic amines is 1. The first kappa shape index (κ1) is 21.3. The third kappa shape index (κ3) is 3.77. The summed E-state index contributed by atoms with van der Waals surface area (Å²) in [7, 11) is 0. The SMILES string of the molecule is Cc1cc(C#N)n(-c2ccc(Cn3c(=O)[nH]c4cnc(-c5ccccc5C(C)C)nc43)cc2)n1. The predicted molar refractivity (Wildman–Crippen MR) is 130 cm³/mol. The van der Waals surface area contributed by atoms with Crippen molar-refractivity contribution in [2.75, 3.05) is 0 Å². The maximum absolute atomic E-state index is 12.7. The molecule has 0 radical (unpaired) electrons. The first-order valence-corrected chi connectivity index (χ1v) is 11.1. The third-order valence-electron chi connectivity index (χ3n) is 5.80. The molecule has 0 saturated carbocycles. The lowest BCUT2D eigenvalue weighted by Gasteiger charge is -2.11.